The van der Waals surface area contributed by atoms with Crippen molar-refractivity contribution in [3.8, 4) is 11.1 Å². The van der Waals surface area contributed by atoms with Gasteiger partial charge in [0.05, 0.1) is 0 Å². The largest absolute Gasteiger partial charge is 0.345 e. The minimum atomic E-state index is 1.19. The van der Waals surface area contributed by atoms with Gasteiger partial charge in [0.1, 0.15) is 0 Å². The Labute approximate surface area is 132 Å². The van der Waals surface area contributed by atoms with Crippen LogP contribution < -0.4 is 4.90 Å². The van der Waals surface area contributed by atoms with E-state index in [1.54, 1.807) is 0 Å². The summed E-state index contributed by atoms with van der Waals surface area (Å²) in [5, 5.41) is 0. The lowest BCUT2D eigenvalue weighted by Crippen LogP contribution is -2.08. The van der Waals surface area contributed by atoms with E-state index >= 15 is 0 Å². The van der Waals surface area contributed by atoms with Gasteiger partial charge in [-0.15, -0.1) is 0 Å². The highest BCUT2D eigenvalue weighted by atomic mass is 15.1. The van der Waals surface area contributed by atoms with E-state index in [-0.39, 0.29) is 0 Å². The minimum absolute atomic E-state index is 1.19. The molecule has 0 atom stereocenters. The van der Waals surface area contributed by atoms with E-state index in [1.807, 2.05) is 6.07 Å². The van der Waals surface area contributed by atoms with Gasteiger partial charge in [-0.2, -0.15) is 0 Å². The van der Waals surface area contributed by atoms with Crippen molar-refractivity contribution in [2.75, 3.05) is 11.9 Å². The van der Waals surface area contributed by atoms with E-state index in [4.69, 9.17) is 0 Å². The summed E-state index contributed by atoms with van der Waals surface area (Å²) in [4.78, 5) is 2.20. The highest BCUT2D eigenvalue weighted by molar-refractivity contribution is 5.72. The molecule has 0 amide bonds. The predicted octanol–water partition coefficient (Wildman–Crippen LogP) is 5.74. The Morgan fingerprint density at radius 3 is 1.95 bits per heavy atom. The zero-order chi connectivity index (χ0) is 15.5. The van der Waals surface area contributed by atoms with Gasteiger partial charge in [0, 0.05) is 18.4 Å². The lowest BCUT2D eigenvalue weighted by atomic mass is 9.97. The molecular weight excluding hydrogens is 266 g/mol. The third-order valence-corrected chi connectivity index (χ3v) is 4.31. The van der Waals surface area contributed by atoms with Gasteiger partial charge in [0.25, 0.3) is 0 Å². The second kappa shape index (κ2) is 6.07. The van der Waals surface area contributed by atoms with Crippen molar-refractivity contribution >= 4 is 11.4 Å². The van der Waals surface area contributed by atoms with Crippen molar-refractivity contribution in [2.45, 2.75) is 13.8 Å². The Morgan fingerprint density at radius 1 is 0.636 bits per heavy atom. The molecule has 0 bridgehead atoms. The molecule has 0 aromatic heterocycles. The van der Waals surface area contributed by atoms with Gasteiger partial charge in [-0.05, 0) is 60.4 Å². The molecule has 3 aromatic carbocycles. The van der Waals surface area contributed by atoms with Crippen molar-refractivity contribution in [1.29, 1.82) is 0 Å². The standard InChI is InChI=1S/C21H21N/c1-16-8-7-11-21(17(16)2)18-12-14-20(15-13-18)22(3)19-9-5-4-6-10-19/h4-15H,1-3H3. The number of hydrogen-bond acceptors (Lipinski definition) is 1. The molecule has 3 aromatic rings. The molecular formula is C21H21N. The van der Waals surface area contributed by atoms with Crippen molar-refractivity contribution < 1.29 is 0 Å². The molecule has 0 aliphatic rings. The van der Waals surface area contributed by atoms with Crippen LogP contribution in [0.15, 0.2) is 72.8 Å². The number of nitrogens with zero attached hydrogens (tertiary/aromatic N) is 1. The first-order valence-corrected chi connectivity index (χ1v) is 7.62. The molecule has 0 fully saturated rings. The van der Waals surface area contributed by atoms with E-state index in [2.05, 4.69) is 92.5 Å². The van der Waals surface area contributed by atoms with E-state index in [9.17, 15) is 0 Å². The highest BCUT2D eigenvalue weighted by Crippen LogP contribution is 2.29. The van der Waals surface area contributed by atoms with Crippen LogP contribution in [-0.4, -0.2) is 7.05 Å². The summed E-state index contributed by atoms with van der Waals surface area (Å²) in [5.74, 6) is 0. The Kier molecular flexibility index (Phi) is 3.97. The van der Waals surface area contributed by atoms with Gasteiger partial charge in [0.15, 0.2) is 0 Å². The van der Waals surface area contributed by atoms with Gasteiger partial charge >= 0.3 is 0 Å². The van der Waals surface area contributed by atoms with Gasteiger partial charge in [-0.25, -0.2) is 0 Å². The Bertz CT molecular complexity index is 758. The summed E-state index contributed by atoms with van der Waals surface area (Å²) in [6, 6.07) is 25.7. The van der Waals surface area contributed by atoms with Crippen LogP contribution in [0.1, 0.15) is 11.1 Å². The van der Waals surface area contributed by atoms with Crippen LogP contribution in [0.4, 0.5) is 11.4 Å². The van der Waals surface area contributed by atoms with Gasteiger partial charge in [-0.3, -0.25) is 0 Å². The molecule has 1 heteroatoms. The molecule has 0 saturated carbocycles. The predicted molar refractivity (Wildman–Crippen MR) is 95.9 cm³/mol. The van der Waals surface area contributed by atoms with Crippen LogP contribution >= 0.6 is 0 Å². The number of hydrogen-bond donors (Lipinski definition) is 0. The quantitative estimate of drug-likeness (QED) is 0.594. The molecule has 0 N–H and O–H groups in total. The lowest BCUT2D eigenvalue weighted by molar-refractivity contribution is 1.21. The van der Waals surface area contributed by atoms with Crippen LogP contribution in [0.25, 0.3) is 11.1 Å². The molecule has 0 spiro atoms. The first-order valence-electron chi connectivity index (χ1n) is 7.62. The summed E-state index contributed by atoms with van der Waals surface area (Å²) in [6.45, 7) is 4.35. The summed E-state index contributed by atoms with van der Waals surface area (Å²) in [6.07, 6.45) is 0. The minimum Gasteiger partial charge on any atom is -0.345 e. The number of para-hydroxylation sites is 1. The number of benzene rings is 3. The molecule has 0 unspecified atom stereocenters. The fraction of sp³-hybridized carbons (Fsp3) is 0.143. The van der Waals surface area contributed by atoms with Crippen molar-refractivity contribution in [3.63, 3.8) is 0 Å². The molecule has 1 nitrogen and oxygen atoms in total. The van der Waals surface area contributed by atoms with Gasteiger partial charge < -0.3 is 4.90 Å². The maximum atomic E-state index is 2.20. The summed E-state index contributed by atoms with van der Waals surface area (Å²) < 4.78 is 0. The summed E-state index contributed by atoms with van der Waals surface area (Å²) in [7, 11) is 2.10. The molecule has 3 rings (SSSR count). The molecule has 22 heavy (non-hydrogen) atoms. The maximum Gasteiger partial charge on any atom is 0.0408 e. The van der Waals surface area contributed by atoms with Crippen molar-refractivity contribution in [2.24, 2.45) is 0 Å². The number of rotatable bonds is 3. The normalized spacial score (nSPS) is 10.5. The topological polar surface area (TPSA) is 3.24 Å². The zero-order valence-electron chi connectivity index (χ0n) is 13.4. The molecule has 0 saturated heterocycles. The second-order valence-electron chi connectivity index (χ2n) is 5.69. The van der Waals surface area contributed by atoms with E-state index in [0.717, 1.165) is 0 Å². The first-order chi connectivity index (χ1) is 10.7. The average molecular weight is 287 g/mol. The summed E-state index contributed by atoms with van der Waals surface area (Å²) >= 11 is 0. The van der Waals surface area contributed by atoms with E-state index in [1.165, 1.54) is 33.6 Å². The van der Waals surface area contributed by atoms with Crippen molar-refractivity contribution in [3.05, 3.63) is 83.9 Å². The van der Waals surface area contributed by atoms with Crippen LogP contribution in [0.2, 0.25) is 0 Å². The zero-order valence-corrected chi connectivity index (χ0v) is 13.4. The van der Waals surface area contributed by atoms with E-state index < -0.39 is 0 Å². The second-order valence-corrected chi connectivity index (χ2v) is 5.69. The fourth-order valence-electron chi connectivity index (χ4n) is 2.73. The number of aryl methyl sites for hydroxylation is 1. The molecule has 0 radical (unpaired) electrons. The smallest absolute Gasteiger partial charge is 0.0408 e. The first kappa shape index (κ1) is 14.4. The molecule has 0 aliphatic carbocycles. The van der Waals surface area contributed by atoms with Crippen molar-refractivity contribution in [1.82, 2.24) is 0 Å². The Balaban J connectivity index is 1.92. The van der Waals surface area contributed by atoms with Crippen LogP contribution in [-0.2, 0) is 0 Å². The highest BCUT2D eigenvalue weighted by Gasteiger charge is 2.06. The SMILES string of the molecule is Cc1cccc(-c2ccc(N(C)c3ccccc3)cc2)c1C. The lowest BCUT2D eigenvalue weighted by Gasteiger charge is -2.20. The van der Waals surface area contributed by atoms with Gasteiger partial charge in [0.2, 0.25) is 0 Å². The molecule has 110 valence electrons. The fourth-order valence-corrected chi connectivity index (χ4v) is 2.73. The van der Waals surface area contributed by atoms with Gasteiger partial charge in [-0.1, -0.05) is 48.5 Å². The molecule has 0 aliphatic heterocycles. The third-order valence-electron chi connectivity index (χ3n) is 4.31. The maximum absolute atomic E-state index is 2.20. The Hall–Kier alpha value is -2.54. The number of anilines is 2. The molecule has 0 heterocycles. The Morgan fingerprint density at radius 2 is 1.27 bits per heavy atom. The third kappa shape index (κ3) is 2.75. The van der Waals surface area contributed by atoms with Crippen LogP contribution in [0.3, 0.4) is 0 Å². The monoisotopic (exact) mass is 287 g/mol. The summed E-state index contributed by atoms with van der Waals surface area (Å²) in [5.41, 5.74) is 7.66. The van der Waals surface area contributed by atoms with E-state index in [0.29, 0.717) is 0 Å². The average Bonchev–Trinajstić information content (AvgIpc) is 2.58. The van der Waals surface area contributed by atoms with Crippen LogP contribution in [0, 0.1) is 13.8 Å². The van der Waals surface area contributed by atoms with Crippen LogP contribution in [0.5, 0.6) is 0 Å².